The number of hydrogen-bond acceptors (Lipinski definition) is 1. The van der Waals surface area contributed by atoms with Gasteiger partial charge in [0.15, 0.2) is 0 Å². The van der Waals surface area contributed by atoms with E-state index in [0.29, 0.717) is 6.04 Å². The van der Waals surface area contributed by atoms with Gasteiger partial charge in [-0.05, 0) is 53.0 Å². The van der Waals surface area contributed by atoms with E-state index in [0.717, 1.165) is 28.9 Å². The van der Waals surface area contributed by atoms with Gasteiger partial charge in [0.25, 0.3) is 0 Å². The lowest BCUT2D eigenvalue weighted by Crippen LogP contribution is -2.21. The maximum absolute atomic E-state index is 6.12. The molecule has 1 N–H and O–H groups in total. The van der Waals surface area contributed by atoms with E-state index < -0.39 is 0 Å². The molecule has 0 radical (unpaired) electrons. The molecule has 0 aliphatic carbocycles. The molecule has 0 saturated carbocycles. The molecule has 0 aliphatic rings. The molecule has 3 heteroatoms. The Morgan fingerprint density at radius 2 is 2.06 bits per heavy atom. The molecule has 0 aromatic heterocycles. The Kier molecular flexibility index (Phi) is 6.40. The standard InChI is InChI=1S/C13H19BrClN/c1-3-5-13(16-8-4-2)10-6-7-11(14)12(15)9-10/h6-7,9,13,16H,3-5,8H2,1-2H3. The summed E-state index contributed by atoms with van der Waals surface area (Å²) in [5.74, 6) is 0. The average Bonchev–Trinajstić information content (AvgIpc) is 2.28. The van der Waals surface area contributed by atoms with Crippen LogP contribution in [0, 0.1) is 0 Å². The number of rotatable bonds is 6. The first kappa shape index (κ1) is 14.0. The molecular weight excluding hydrogens is 286 g/mol. The fourth-order valence-electron chi connectivity index (χ4n) is 1.72. The average molecular weight is 305 g/mol. The smallest absolute Gasteiger partial charge is 0.0551 e. The molecule has 16 heavy (non-hydrogen) atoms. The predicted molar refractivity (Wildman–Crippen MR) is 75.1 cm³/mol. The number of nitrogens with one attached hydrogen (secondary N) is 1. The van der Waals surface area contributed by atoms with Crippen LogP contribution in [0.2, 0.25) is 5.02 Å². The van der Waals surface area contributed by atoms with Crippen LogP contribution in [0.3, 0.4) is 0 Å². The van der Waals surface area contributed by atoms with Crippen LogP contribution in [-0.2, 0) is 0 Å². The molecule has 1 atom stereocenters. The van der Waals surface area contributed by atoms with E-state index in [1.165, 1.54) is 12.0 Å². The van der Waals surface area contributed by atoms with Gasteiger partial charge >= 0.3 is 0 Å². The van der Waals surface area contributed by atoms with Gasteiger partial charge in [0.2, 0.25) is 0 Å². The van der Waals surface area contributed by atoms with Crippen LogP contribution in [0.1, 0.15) is 44.7 Å². The van der Waals surface area contributed by atoms with Crippen LogP contribution in [0.4, 0.5) is 0 Å². The van der Waals surface area contributed by atoms with E-state index in [1.807, 2.05) is 6.07 Å². The first-order chi connectivity index (χ1) is 7.69. The Labute approximate surface area is 112 Å². The third-order valence-electron chi connectivity index (χ3n) is 2.56. The summed E-state index contributed by atoms with van der Waals surface area (Å²) in [6.07, 6.45) is 3.48. The van der Waals surface area contributed by atoms with Gasteiger partial charge < -0.3 is 5.32 Å². The molecule has 1 aromatic carbocycles. The van der Waals surface area contributed by atoms with Crippen LogP contribution >= 0.6 is 27.5 Å². The minimum atomic E-state index is 0.426. The van der Waals surface area contributed by atoms with Crippen LogP contribution in [0.15, 0.2) is 22.7 Å². The Morgan fingerprint density at radius 1 is 1.31 bits per heavy atom. The highest BCUT2D eigenvalue weighted by Crippen LogP contribution is 2.27. The van der Waals surface area contributed by atoms with Crippen molar-refractivity contribution in [2.24, 2.45) is 0 Å². The second-order valence-electron chi connectivity index (χ2n) is 3.97. The molecule has 0 heterocycles. The summed E-state index contributed by atoms with van der Waals surface area (Å²) in [7, 11) is 0. The van der Waals surface area contributed by atoms with Crippen molar-refractivity contribution in [3.05, 3.63) is 33.3 Å². The van der Waals surface area contributed by atoms with Crippen LogP contribution in [-0.4, -0.2) is 6.54 Å². The van der Waals surface area contributed by atoms with Gasteiger partial charge in [-0.3, -0.25) is 0 Å². The predicted octanol–water partition coefficient (Wildman–Crippen LogP) is 4.94. The molecule has 1 unspecified atom stereocenters. The van der Waals surface area contributed by atoms with Crippen molar-refractivity contribution >= 4 is 27.5 Å². The zero-order valence-corrected chi connectivity index (χ0v) is 12.2. The number of benzene rings is 1. The zero-order valence-electron chi connectivity index (χ0n) is 9.89. The second-order valence-corrected chi connectivity index (χ2v) is 5.23. The molecular formula is C13H19BrClN. The fourth-order valence-corrected chi connectivity index (χ4v) is 2.16. The molecule has 0 bridgehead atoms. The van der Waals surface area contributed by atoms with Crippen molar-refractivity contribution in [3.8, 4) is 0 Å². The van der Waals surface area contributed by atoms with Gasteiger partial charge in [-0.1, -0.05) is 37.9 Å². The summed E-state index contributed by atoms with van der Waals surface area (Å²) >= 11 is 9.54. The van der Waals surface area contributed by atoms with Crippen molar-refractivity contribution in [3.63, 3.8) is 0 Å². The van der Waals surface area contributed by atoms with Crippen LogP contribution in [0.25, 0.3) is 0 Å². The summed E-state index contributed by atoms with van der Waals surface area (Å²) in [5.41, 5.74) is 1.28. The number of hydrogen-bond donors (Lipinski definition) is 1. The van der Waals surface area contributed by atoms with E-state index in [1.54, 1.807) is 0 Å². The Morgan fingerprint density at radius 3 is 2.62 bits per heavy atom. The van der Waals surface area contributed by atoms with Crippen LogP contribution in [0.5, 0.6) is 0 Å². The molecule has 1 nitrogen and oxygen atoms in total. The number of halogens is 2. The minimum absolute atomic E-state index is 0.426. The summed E-state index contributed by atoms with van der Waals surface area (Å²) in [4.78, 5) is 0. The SMILES string of the molecule is CCCNC(CCC)c1ccc(Br)c(Cl)c1. The quantitative estimate of drug-likeness (QED) is 0.784. The summed E-state index contributed by atoms with van der Waals surface area (Å²) in [5, 5.41) is 4.35. The van der Waals surface area contributed by atoms with Gasteiger partial charge in [0.1, 0.15) is 0 Å². The van der Waals surface area contributed by atoms with Crippen LogP contribution < -0.4 is 5.32 Å². The van der Waals surface area contributed by atoms with E-state index in [4.69, 9.17) is 11.6 Å². The van der Waals surface area contributed by atoms with E-state index in [9.17, 15) is 0 Å². The molecule has 1 aromatic rings. The molecule has 0 saturated heterocycles. The first-order valence-corrected chi connectivity index (χ1v) is 7.04. The fraction of sp³-hybridized carbons (Fsp3) is 0.538. The Balaban J connectivity index is 2.78. The maximum atomic E-state index is 6.12. The van der Waals surface area contributed by atoms with Gasteiger partial charge in [0.05, 0.1) is 5.02 Å². The Bertz CT molecular complexity index is 328. The lowest BCUT2D eigenvalue weighted by molar-refractivity contribution is 0.494. The second kappa shape index (κ2) is 7.31. The van der Waals surface area contributed by atoms with E-state index >= 15 is 0 Å². The van der Waals surface area contributed by atoms with Gasteiger partial charge in [-0.2, -0.15) is 0 Å². The van der Waals surface area contributed by atoms with Crippen molar-refractivity contribution in [1.29, 1.82) is 0 Å². The molecule has 0 aliphatic heterocycles. The summed E-state index contributed by atoms with van der Waals surface area (Å²) in [6, 6.07) is 6.64. The lowest BCUT2D eigenvalue weighted by atomic mass is 10.0. The van der Waals surface area contributed by atoms with Crippen molar-refractivity contribution < 1.29 is 0 Å². The van der Waals surface area contributed by atoms with Gasteiger partial charge in [-0.25, -0.2) is 0 Å². The lowest BCUT2D eigenvalue weighted by Gasteiger charge is -2.18. The summed E-state index contributed by atoms with van der Waals surface area (Å²) in [6.45, 7) is 5.45. The minimum Gasteiger partial charge on any atom is -0.310 e. The highest BCUT2D eigenvalue weighted by Gasteiger charge is 2.10. The molecule has 0 fully saturated rings. The van der Waals surface area contributed by atoms with Gasteiger partial charge in [-0.15, -0.1) is 0 Å². The highest BCUT2D eigenvalue weighted by atomic mass is 79.9. The van der Waals surface area contributed by atoms with Gasteiger partial charge in [0, 0.05) is 10.5 Å². The summed E-state index contributed by atoms with van der Waals surface area (Å²) < 4.78 is 0.962. The topological polar surface area (TPSA) is 12.0 Å². The van der Waals surface area contributed by atoms with E-state index in [-0.39, 0.29) is 0 Å². The normalized spacial score (nSPS) is 12.8. The van der Waals surface area contributed by atoms with Crippen molar-refractivity contribution in [2.75, 3.05) is 6.54 Å². The molecule has 1 rings (SSSR count). The highest BCUT2D eigenvalue weighted by molar-refractivity contribution is 9.10. The largest absolute Gasteiger partial charge is 0.310 e. The zero-order chi connectivity index (χ0) is 12.0. The van der Waals surface area contributed by atoms with E-state index in [2.05, 4.69) is 47.2 Å². The molecule has 0 spiro atoms. The van der Waals surface area contributed by atoms with Crippen molar-refractivity contribution in [1.82, 2.24) is 5.32 Å². The third-order valence-corrected chi connectivity index (χ3v) is 3.80. The maximum Gasteiger partial charge on any atom is 0.0551 e. The molecule has 0 amide bonds. The van der Waals surface area contributed by atoms with Crippen molar-refractivity contribution in [2.45, 2.75) is 39.2 Å². The monoisotopic (exact) mass is 303 g/mol. The third kappa shape index (κ3) is 4.08. The Hall–Kier alpha value is -0.0500. The first-order valence-electron chi connectivity index (χ1n) is 5.87. The molecule has 90 valence electrons.